The van der Waals surface area contributed by atoms with Crippen LogP contribution in [0.2, 0.25) is 0 Å². The number of hydrogen-bond donors (Lipinski definition) is 1. The Labute approximate surface area is 108 Å². The van der Waals surface area contributed by atoms with Gasteiger partial charge in [0.05, 0.1) is 12.5 Å². The molecule has 0 saturated carbocycles. The number of benzene rings is 1. The van der Waals surface area contributed by atoms with E-state index in [0.717, 1.165) is 30.6 Å². The van der Waals surface area contributed by atoms with E-state index in [1.54, 1.807) is 6.92 Å². The van der Waals surface area contributed by atoms with Crippen LogP contribution in [-0.2, 0) is 16.1 Å². The van der Waals surface area contributed by atoms with Crippen LogP contribution in [0.4, 0.5) is 0 Å². The molecule has 0 heterocycles. The molecule has 0 aliphatic heterocycles. The van der Waals surface area contributed by atoms with Crippen LogP contribution in [-0.4, -0.2) is 17.7 Å². The van der Waals surface area contributed by atoms with Crippen molar-refractivity contribution in [2.45, 2.75) is 32.3 Å². The monoisotopic (exact) mass is 248 g/mol. The molecule has 0 aliphatic rings. The summed E-state index contributed by atoms with van der Waals surface area (Å²) in [6, 6.07) is 7.53. The molecule has 3 nitrogen and oxygen atoms in total. The van der Waals surface area contributed by atoms with E-state index < -0.39 is 11.9 Å². The minimum Gasteiger partial charge on any atom is -0.481 e. The lowest BCUT2D eigenvalue weighted by Crippen LogP contribution is -2.07. The van der Waals surface area contributed by atoms with Crippen LogP contribution < -0.4 is 0 Å². The second kappa shape index (κ2) is 7.67. The SMILES string of the molecule is C=CCCCOCc1ccc(C(C)C(=O)O)cc1. The largest absolute Gasteiger partial charge is 0.481 e. The predicted molar refractivity (Wildman–Crippen MR) is 71.6 cm³/mol. The van der Waals surface area contributed by atoms with Gasteiger partial charge in [-0.15, -0.1) is 6.58 Å². The molecule has 18 heavy (non-hydrogen) atoms. The van der Waals surface area contributed by atoms with E-state index in [0.29, 0.717) is 6.61 Å². The first-order chi connectivity index (χ1) is 8.65. The third kappa shape index (κ3) is 4.72. The zero-order valence-corrected chi connectivity index (χ0v) is 10.8. The summed E-state index contributed by atoms with van der Waals surface area (Å²) in [6.07, 6.45) is 3.83. The lowest BCUT2D eigenvalue weighted by molar-refractivity contribution is -0.138. The molecule has 1 unspecified atom stereocenters. The first-order valence-electron chi connectivity index (χ1n) is 6.15. The van der Waals surface area contributed by atoms with Crippen molar-refractivity contribution in [2.24, 2.45) is 0 Å². The summed E-state index contributed by atoms with van der Waals surface area (Å²) < 4.78 is 5.51. The molecule has 1 N–H and O–H groups in total. The second-order valence-corrected chi connectivity index (χ2v) is 4.28. The van der Waals surface area contributed by atoms with Gasteiger partial charge in [0, 0.05) is 6.61 Å². The van der Waals surface area contributed by atoms with Crippen molar-refractivity contribution in [2.75, 3.05) is 6.61 Å². The average Bonchev–Trinajstić information content (AvgIpc) is 2.38. The molecule has 1 aromatic rings. The van der Waals surface area contributed by atoms with Crippen molar-refractivity contribution in [3.8, 4) is 0 Å². The Balaban J connectivity index is 2.40. The highest BCUT2D eigenvalue weighted by Crippen LogP contribution is 2.16. The maximum Gasteiger partial charge on any atom is 0.310 e. The van der Waals surface area contributed by atoms with Gasteiger partial charge in [0.25, 0.3) is 0 Å². The summed E-state index contributed by atoms with van der Waals surface area (Å²) in [5.41, 5.74) is 1.88. The Morgan fingerprint density at radius 3 is 2.67 bits per heavy atom. The van der Waals surface area contributed by atoms with Crippen molar-refractivity contribution in [3.63, 3.8) is 0 Å². The van der Waals surface area contributed by atoms with E-state index in [-0.39, 0.29) is 0 Å². The first kappa shape index (κ1) is 14.5. The molecule has 0 aromatic heterocycles. The van der Waals surface area contributed by atoms with Crippen LogP contribution in [0.5, 0.6) is 0 Å². The standard InChI is InChI=1S/C15H20O3/c1-3-4-5-10-18-11-13-6-8-14(9-7-13)12(2)15(16)17/h3,6-9,12H,1,4-5,10-11H2,2H3,(H,16,17). The number of hydrogen-bond acceptors (Lipinski definition) is 2. The Morgan fingerprint density at radius 1 is 1.44 bits per heavy atom. The highest BCUT2D eigenvalue weighted by molar-refractivity contribution is 5.75. The number of allylic oxidation sites excluding steroid dienone is 1. The Hall–Kier alpha value is -1.61. The van der Waals surface area contributed by atoms with E-state index in [4.69, 9.17) is 9.84 Å². The number of carbonyl (C=O) groups is 1. The quantitative estimate of drug-likeness (QED) is 0.567. The van der Waals surface area contributed by atoms with E-state index in [1.165, 1.54) is 0 Å². The highest BCUT2D eigenvalue weighted by Gasteiger charge is 2.12. The van der Waals surface area contributed by atoms with E-state index >= 15 is 0 Å². The van der Waals surface area contributed by atoms with Gasteiger partial charge in [-0.25, -0.2) is 0 Å². The van der Waals surface area contributed by atoms with Gasteiger partial charge in [-0.2, -0.15) is 0 Å². The summed E-state index contributed by atoms with van der Waals surface area (Å²) in [4.78, 5) is 10.8. The molecule has 0 bridgehead atoms. The fourth-order valence-corrected chi connectivity index (χ4v) is 1.56. The molecular weight excluding hydrogens is 228 g/mol. The number of aliphatic carboxylic acids is 1. The fourth-order valence-electron chi connectivity index (χ4n) is 1.56. The summed E-state index contributed by atoms with van der Waals surface area (Å²) in [7, 11) is 0. The molecule has 98 valence electrons. The van der Waals surface area contributed by atoms with E-state index in [1.807, 2.05) is 30.3 Å². The Kier molecular flexibility index (Phi) is 6.15. The van der Waals surface area contributed by atoms with Crippen molar-refractivity contribution in [3.05, 3.63) is 48.0 Å². The summed E-state index contributed by atoms with van der Waals surface area (Å²) in [5.74, 6) is -1.27. The Bertz CT molecular complexity index is 381. The molecule has 3 heteroatoms. The molecule has 0 spiro atoms. The van der Waals surface area contributed by atoms with Crippen LogP contribution in [0, 0.1) is 0 Å². The van der Waals surface area contributed by atoms with Gasteiger partial charge in [0.2, 0.25) is 0 Å². The van der Waals surface area contributed by atoms with Crippen molar-refractivity contribution < 1.29 is 14.6 Å². The third-order valence-electron chi connectivity index (χ3n) is 2.82. The third-order valence-corrected chi connectivity index (χ3v) is 2.82. The van der Waals surface area contributed by atoms with Crippen molar-refractivity contribution >= 4 is 5.97 Å². The molecule has 0 amide bonds. The number of carboxylic acid groups (broad SMARTS) is 1. The molecule has 1 aromatic carbocycles. The number of unbranched alkanes of at least 4 members (excludes halogenated alkanes) is 1. The minimum absolute atomic E-state index is 0.465. The summed E-state index contributed by atoms with van der Waals surface area (Å²) in [5, 5.41) is 8.90. The summed E-state index contributed by atoms with van der Waals surface area (Å²) >= 11 is 0. The molecule has 0 radical (unpaired) electrons. The van der Waals surface area contributed by atoms with Crippen LogP contribution >= 0.6 is 0 Å². The van der Waals surface area contributed by atoms with Gasteiger partial charge in [0.15, 0.2) is 0 Å². The predicted octanol–water partition coefficient (Wildman–Crippen LogP) is 3.36. The number of ether oxygens (including phenoxy) is 1. The molecule has 0 saturated heterocycles. The zero-order valence-electron chi connectivity index (χ0n) is 10.8. The Morgan fingerprint density at radius 2 is 2.11 bits per heavy atom. The maximum absolute atomic E-state index is 10.8. The minimum atomic E-state index is -0.802. The second-order valence-electron chi connectivity index (χ2n) is 4.28. The van der Waals surface area contributed by atoms with Crippen LogP contribution in [0.15, 0.2) is 36.9 Å². The summed E-state index contributed by atoms with van der Waals surface area (Å²) in [6.45, 7) is 6.63. The average molecular weight is 248 g/mol. The topological polar surface area (TPSA) is 46.5 Å². The molecule has 0 fully saturated rings. The van der Waals surface area contributed by atoms with Crippen molar-refractivity contribution in [1.82, 2.24) is 0 Å². The van der Waals surface area contributed by atoms with Gasteiger partial charge in [-0.05, 0) is 30.9 Å². The van der Waals surface area contributed by atoms with Crippen LogP contribution in [0.3, 0.4) is 0 Å². The maximum atomic E-state index is 10.8. The fraction of sp³-hybridized carbons (Fsp3) is 0.400. The van der Waals surface area contributed by atoms with Gasteiger partial charge in [-0.3, -0.25) is 4.79 Å². The van der Waals surface area contributed by atoms with Gasteiger partial charge >= 0.3 is 5.97 Å². The molecular formula is C15H20O3. The zero-order chi connectivity index (χ0) is 13.4. The molecule has 1 atom stereocenters. The normalized spacial score (nSPS) is 12.1. The lowest BCUT2D eigenvalue weighted by atomic mass is 10.0. The van der Waals surface area contributed by atoms with Crippen LogP contribution in [0.25, 0.3) is 0 Å². The number of rotatable bonds is 8. The lowest BCUT2D eigenvalue weighted by Gasteiger charge is -2.08. The van der Waals surface area contributed by atoms with Gasteiger partial charge in [0.1, 0.15) is 0 Å². The van der Waals surface area contributed by atoms with Crippen molar-refractivity contribution in [1.29, 1.82) is 0 Å². The number of carboxylic acids is 1. The molecule has 0 aliphatic carbocycles. The first-order valence-corrected chi connectivity index (χ1v) is 6.15. The van der Waals surface area contributed by atoms with Gasteiger partial charge in [-0.1, -0.05) is 30.3 Å². The molecule has 1 rings (SSSR count). The van der Waals surface area contributed by atoms with E-state index in [2.05, 4.69) is 6.58 Å². The van der Waals surface area contributed by atoms with Gasteiger partial charge < -0.3 is 9.84 Å². The van der Waals surface area contributed by atoms with Crippen LogP contribution in [0.1, 0.15) is 36.8 Å². The highest BCUT2D eigenvalue weighted by atomic mass is 16.5. The smallest absolute Gasteiger partial charge is 0.310 e. The van der Waals surface area contributed by atoms with E-state index in [9.17, 15) is 4.79 Å².